The number of hydrogen-bond donors (Lipinski definition) is 1. The van der Waals surface area contributed by atoms with Gasteiger partial charge in [-0.3, -0.25) is 9.59 Å². The number of carbonyl (C=O) groups is 2. The average Bonchev–Trinajstić information content (AvgIpc) is 3.28. The molecule has 1 saturated carbocycles. The highest BCUT2D eigenvalue weighted by atomic mass is 16.5. The number of nitrogens with zero attached hydrogens (tertiary/aromatic N) is 1. The second kappa shape index (κ2) is 5.94. The van der Waals surface area contributed by atoms with E-state index in [1.54, 1.807) is 12.0 Å². The van der Waals surface area contributed by atoms with Crippen molar-refractivity contribution in [2.45, 2.75) is 32.4 Å². The van der Waals surface area contributed by atoms with Gasteiger partial charge < -0.3 is 14.7 Å². The maximum atomic E-state index is 12.2. The Morgan fingerprint density at radius 1 is 1.35 bits per heavy atom. The Balaban J connectivity index is 2.09. The van der Waals surface area contributed by atoms with E-state index in [1.165, 1.54) is 6.92 Å². The zero-order valence-corrected chi connectivity index (χ0v) is 11.7. The molecule has 0 saturated heterocycles. The molecule has 5 heteroatoms. The van der Waals surface area contributed by atoms with Crippen molar-refractivity contribution in [2.24, 2.45) is 5.92 Å². The summed E-state index contributed by atoms with van der Waals surface area (Å²) in [6.07, 6.45) is 1.91. The summed E-state index contributed by atoms with van der Waals surface area (Å²) in [6, 6.07) is 7.66. The van der Waals surface area contributed by atoms with Gasteiger partial charge in [0.05, 0.1) is 7.11 Å². The molecule has 1 aliphatic rings. The van der Waals surface area contributed by atoms with Crippen molar-refractivity contribution in [1.82, 2.24) is 4.90 Å². The van der Waals surface area contributed by atoms with Gasteiger partial charge in [-0.1, -0.05) is 12.1 Å². The van der Waals surface area contributed by atoms with E-state index in [2.05, 4.69) is 0 Å². The third kappa shape index (κ3) is 3.29. The summed E-state index contributed by atoms with van der Waals surface area (Å²) < 4.78 is 5.09. The first-order chi connectivity index (χ1) is 9.52. The van der Waals surface area contributed by atoms with Crippen molar-refractivity contribution < 1.29 is 19.4 Å². The largest absolute Gasteiger partial charge is 0.497 e. The van der Waals surface area contributed by atoms with Gasteiger partial charge in [0.25, 0.3) is 0 Å². The number of rotatable bonds is 6. The molecule has 1 atom stereocenters. The van der Waals surface area contributed by atoms with Gasteiger partial charge in [-0.25, -0.2) is 0 Å². The van der Waals surface area contributed by atoms with Crippen LogP contribution in [0.2, 0.25) is 0 Å². The summed E-state index contributed by atoms with van der Waals surface area (Å²) in [5.74, 6) is -1.61. The van der Waals surface area contributed by atoms with Crippen LogP contribution in [0.3, 0.4) is 0 Å². The van der Waals surface area contributed by atoms with Crippen LogP contribution in [0.5, 0.6) is 5.75 Å². The monoisotopic (exact) mass is 277 g/mol. The van der Waals surface area contributed by atoms with Crippen LogP contribution in [0.1, 0.15) is 25.3 Å². The minimum atomic E-state index is -1.07. The van der Waals surface area contributed by atoms with Gasteiger partial charge in [0.15, 0.2) is 0 Å². The fourth-order valence-corrected chi connectivity index (χ4v) is 2.06. The Labute approximate surface area is 118 Å². The molecule has 1 unspecified atom stereocenters. The molecule has 1 aromatic rings. The summed E-state index contributed by atoms with van der Waals surface area (Å²) in [7, 11) is 1.60. The van der Waals surface area contributed by atoms with Crippen molar-refractivity contribution in [3.8, 4) is 5.75 Å². The van der Waals surface area contributed by atoms with Crippen LogP contribution in [0.4, 0.5) is 0 Å². The van der Waals surface area contributed by atoms with Crippen LogP contribution < -0.4 is 4.74 Å². The first kappa shape index (κ1) is 14.4. The molecule has 0 aromatic heterocycles. The maximum absolute atomic E-state index is 12.2. The van der Waals surface area contributed by atoms with Crippen molar-refractivity contribution in [2.75, 3.05) is 7.11 Å². The summed E-state index contributed by atoms with van der Waals surface area (Å²) in [5, 5.41) is 8.97. The van der Waals surface area contributed by atoms with Crippen LogP contribution >= 0.6 is 0 Å². The summed E-state index contributed by atoms with van der Waals surface area (Å²) in [5.41, 5.74) is 0.976. The highest BCUT2D eigenvalue weighted by molar-refractivity contribution is 5.96. The van der Waals surface area contributed by atoms with E-state index in [9.17, 15) is 9.59 Å². The van der Waals surface area contributed by atoms with E-state index in [0.717, 1.165) is 24.2 Å². The molecule has 20 heavy (non-hydrogen) atoms. The van der Waals surface area contributed by atoms with Gasteiger partial charge in [-0.2, -0.15) is 0 Å². The molecule has 1 aromatic carbocycles. The van der Waals surface area contributed by atoms with Crippen LogP contribution in [-0.2, 0) is 16.1 Å². The number of benzene rings is 1. The highest BCUT2D eigenvalue weighted by Gasteiger charge is 2.36. The van der Waals surface area contributed by atoms with Gasteiger partial charge in [0, 0.05) is 12.6 Å². The van der Waals surface area contributed by atoms with E-state index >= 15 is 0 Å². The van der Waals surface area contributed by atoms with Gasteiger partial charge in [0.1, 0.15) is 11.7 Å². The molecule has 0 radical (unpaired) electrons. The Bertz CT molecular complexity index is 493. The molecule has 5 nitrogen and oxygen atoms in total. The van der Waals surface area contributed by atoms with Gasteiger partial charge in [-0.15, -0.1) is 0 Å². The third-order valence-corrected chi connectivity index (χ3v) is 3.52. The second-order valence-electron chi connectivity index (χ2n) is 5.11. The molecule has 0 heterocycles. The molecule has 0 aliphatic heterocycles. The van der Waals surface area contributed by atoms with E-state index in [1.807, 2.05) is 24.3 Å². The first-order valence-corrected chi connectivity index (χ1v) is 6.69. The number of amides is 1. The number of aliphatic carboxylic acids is 1. The van der Waals surface area contributed by atoms with E-state index in [4.69, 9.17) is 9.84 Å². The van der Waals surface area contributed by atoms with Gasteiger partial charge in [0.2, 0.25) is 5.91 Å². The lowest BCUT2D eigenvalue weighted by atomic mass is 10.1. The van der Waals surface area contributed by atoms with E-state index < -0.39 is 11.9 Å². The van der Waals surface area contributed by atoms with Crippen LogP contribution in [-0.4, -0.2) is 35.0 Å². The fraction of sp³-hybridized carbons (Fsp3) is 0.467. The number of ether oxygens (including phenoxy) is 1. The Kier molecular flexibility index (Phi) is 4.27. The third-order valence-electron chi connectivity index (χ3n) is 3.52. The quantitative estimate of drug-likeness (QED) is 0.807. The maximum Gasteiger partial charge on any atom is 0.315 e. The van der Waals surface area contributed by atoms with E-state index in [0.29, 0.717) is 6.54 Å². The van der Waals surface area contributed by atoms with Gasteiger partial charge in [-0.05, 0) is 37.5 Å². The van der Waals surface area contributed by atoms with Crippen molar-refractivity contribution in [3.05, 3.63) is 29.8 Å². The molecule has 1 N–H and O–H groups in total. The van der Waals surface area contributed by atoms with Crippen LogP contribution in [0, 0.1) is 5.92 Å². The smallest absolute Gasteiger partial charge is 0.315 e. The highest BCUT2D eigenvalue weighted by Crippen LogP contribution is 2.30. The van der Waals surface area contributed by atoms with Crippen LogP contribution in [0.15, 0.2) is 24.3 Å². The molecule has 1 amide bonds. The van der Waals surface area contributed by atoms with E-state index in [-0.39, 0.29) is 11.9 Å². The second-order valence-corrected chi connectivity index (χ2v) is 5.11. The minimum Gasteiger partial charge on any atom is -0.497 e. The number of methoxy groups -OCH3 is 1. The normalized spacial score (nSPS) is 15.5. The number of hydrogen-bond acceptors (Lipinski definition) is 3. The molecular formula is C15H19NO4. The standard InChI is InChI=1S/C15H19NO4/c1-10(15(18)19)14(17)16(12-5-6-12)9-11-3-7-13(20-2)8-4-11/h3-4,7-8,10,12H,5-6,9H2,1-2H3,(H,18,19). The van der Waals surface area contributed by atoms with Crippen molar-refractivity contribution in [1.29, 1.82) is 0 Å². The average molecular weight is 277 g/mol. The lowest BCUT2D eigenvalue weighted by molar-refractivity contribution is -0.150. The Morgan fingerprint density at radius 3 is 2.40 bits per heavy atom. The fourth-order valence-electron chi connectivity index (χ4n) is 2.06. The number of carbonyl (C=O) groups excluding carboxylic acids is 1. The number of carboxylic acid groups (broad SMARTS) is 1. The topological polar surface area (TPSA) is 66.8 Å². The first-order valence-electron chi connectivity index (χ1n) is 6.69. The Hall–Kier alpha value is -2.04. The molecule has 2 rings (SSSR count). The summed E-state index contributed by atoms with van der Waals surface area (Å²) in [6.45, 7) is 1.89. The van der Waals surface area contributed by atoms with Crippen molar-refractivity contribution in [3.63, 3.8) is 0 Å². The number of carboxylic acids is 1. The minimum absolute atomic E-state index is 0.186. The van der Waals surface area contributed by atoms with Crippen molar-refractivity contribution >= 4 is 11.9 Å². The SMILES string of the molecule is COc1ccc(CN(C(=O)C(C)C(=O)O)C2CC2)cc1. The summed E-state index contributed by atoms with van der Waals surface area (Å²) in [4.78, 5) is 24.9. The molecule has 1 aliphatic carbocycles. The predicted octanol–water partition coefficient (Wildman–Crippen LogP) is 1.91. The molecule has 108 valence electrons. The predicted molar refractivity (Wildman–Crippen MR) is 73.4 cm³/mol. The zero-order chi connectivity index (χ0) is 14.7. The zero-order valence-electron chi connectivity index (χ0n) is 11.7. The molecule has 0 bridgehead atoms. The molecular weight excluding hydrogens is 258 g/mol. The van der Waals surface area contributed by atoms with Crippen LogP contribution in [0.25, 0.3) is 0 Å². The lowest BCUT2D eigenvalue weighted by Gasteiger charge is -2.24. The Morgan fingerprint density at radius 2 is 1.95 bits per heavy atom. The molecule has 1 fully saturated rings. The lowest BCUT2D eigenvalue weighted by Crippen LogP contribution is -2.39. The summed E-state index contributed by atoms with van der Waals surface area (Å²) >= 11 is 0. The van der Waals surface area contributed by atoms with Gasteiger partial charge >= 0.3 is 5.97 Å². The molecule has 0 spiro atoms.